The fourth-order valence-electron chi connectivity index (χ4n) is 1.67. The highest BCUT2D eigenvalue weighted by Gasteiger charge is 2.28. The smallest absolute Gasteiger partial charge is 0.288 e. The molecule has 8 heteroatoms. The van der Waals surface area contributed by atoms with E-state index in [0.717, 1.165) is 0 Å². The molecule has 2 N–H and O–H groups in total. The van der Waals surface area contributed by atoms with Crippen molar-refractivity contribution in [3.8, 4) is 0 Å². The van der Waals surface area contributed by atoms with Crippen molar-refractivity contribution in [3.05, 3.63) is 12.2 Å². The minimum absolute atomic E-state index is 0.0110. The summed E-state index contributed by atoms with van der Waals surface area (Å²) >= 11 is 0. The standard InChI is InChI=1S/C8H12N4O3S/c13-8(7-10-5-11-12-7)9-3-6-1-2-16(14,15)4-6/h5-6H,1-4H2,(H,9,13)(H,10,11,12). The first-order chi connectivity index (χ1) is 7.57. The topological polar surface area (TPSA) is 105 Å². The lowest BCUT2D eigenvalue weighted by Gasteiger charge is -2.07. The van der Waals surface area contributed by atoms with Crippen LogP contribution in [0.2, 0.25) is 0 Å². The number of aromatic nitrogens is 3. The quantitative estimate of drug-likeness (QED) is 0.707. The molecule has 1 aromatic heterocycles. The van der Waals surface area contributed by atoms with Gasteiger partial charge in [-0.15, -0.1) is 0 Å². The van der Waals surface area contributed by atoms with Crippen molar-refractivity contribution in [2.45, 2.75) is 6.42 Å². The molecule has 0 aliphatic carbocycles. The SMILES string of the molecule is O=C(NCC1CCS(=O)(=O)C1)c1ncn[nH]1. The first-order valence-corrected chi connectivity index (χ1v) is 6.73. The third kappa shape index (κ3) is 2.57. The molecule has 1 unspecified atom stereocenters. The molecule has 1 fully saturated rings. The van der Waals surface area contributed by atoms with Gasteiger partial charge in [-0.2, -0.15) is 5.10 Å². The van der Waals surface area contributed by atoms with Gasteiger partial charge in [0, 0.05) is 6.54 Å². The summed E-state index contributed by atoms with van der Waals surface area (Å²) in [4.78, 5) is 15.1. The molecule has 88 valence electrons. The van der Waals surface area contributed by atoms with Crippen molar-refractivity contribution in [2.24, 2.45) is 5.92 Å². The van der Waals surface area contributed by atoms with E-state index in [9.17, 15) is 13.2 Å². The van der Waals surface area contributed by atoms with E-state index in [-0.39, 0.29) is 29.2 Å². The maximum absolute atomic E-state index is 11.4. The predicted octanol–water partition coefficient (Wildman–Crippen LogP) is -1.03. The monoisotopic (exact) mass is 244 g/mol. The molecule has 0 aromatic carbocycles. The van der Waals surface area contributed by atoms with Crippen molar-refractivity contribution >= 4 is 15.7 Å². The van der Waals surface area contributed by atoms with Crippen LogP contribution in [0.5, 0.6) is 0 Å². The molecule has 1 amide bonds. The Morgan fingerprint density at radius 2 is 2.44 bits per heavy atom. The van der Waals surface area contributed by atoms with Crippen molar-refractivity contribution in [1.29, 1.82) is 0 Å². The van der Waals surface area contributed by atoms with Crippen LogP contribution in [-0.2, 0) is 9.84 Å². The van der Waals surface area contributed by atoms with Gasteiger partial charge in [-0.1, -0.05) is 0 Å². The number of carbonyl (C=O) groups excluding carboxylic acids is 1. The summed E-state index contributed by atoms with van der Waals surface area (Å²) in [5, 5.41) is 8.62. The Hall–Kier alpha value is -1.44. The third-order valence-corrected chi connectivity index (χ3v) is 4.35. The van der Waals surface area contributed by atoms with E-state index in [1.54, 1.807) is 0 Å². The lowest BCUT2D eigenvalue weighted by Crippen LogP contribution is -2.30. The molecule has 2 heterocycles. The first-order valence-electron chi connectivity index (χ1n) is 4.91. The maximum Gasteiger partial charge on any atom is 0.288 e. The Kier molecular flexibility index (Phi) is 2.90. The van der Waals surface area contributed by atoms with Crippen LogP contribution in [0.25, 0.3) is 0 Å². The van der Waals surface area contributed by atoms with Crippen LogP contribution in [0.1, 0.15) is 17.0 Å². The highest BCUT2D eigenvalue weighted by atomic mass is 32.2. The van der Waals surface area contributed by atoms with E-state index in [1.807, 2.05) is 0 Å². The molecule has 1 atom stereocenters. The lowest BCUT2D eigenvalue weighted by molar-refractivity contribution is 0.0938. The molecule has 0 spiro atoms. The van der Waals surface area contributed by atoms with E-state index in [2.05, 4.69) is 20.5 Å². The fraction of sp³-hybridized carbons (Fsp3) is 0.625. The molecule has 7 nitrogen and oxygen atoms in total. The number of H-pyrrole nitrogens is 1. The second kappa shape index (κ2) is 4.20. The van der Waals surface area contributed by atoms with Gasteiger partial charge >= 0.3 is 0 Å². The number of hydrogen-bond donors (Lipinski definition) is 2. The minimum atomic E-state index is -2.88. The second-order valence-electron chi connectivity index (χ2n) is 3.81. The highest BCUT2D eigenvalue weighted by Crippen LogP contribution is 2.17. The summed E-state index contributed by atoms with van der Waals surface area (Å²) < 4.78 is 22.3. The second-order valence-corrected chi connectivity index (χ2v) is 6.04. The average Bonchev–Trinajstić information content (AvgIpc) is 2.83. The van der Waals surface area contributed by atoms with E-state index in [1.165, 1.54) is 6.33 Å². The van der Waals surface area contributed by atoms with Crippen LogP contribution in [0, 0.1) is 5.92 Å². The summed E-state index contributed by atoms with van der Waals surface area (Å²) in [5.74, 6) is 0.166. The number of hydrogen-bond acceptors (Lipinski definition) is 5. The maximum atomic E-state index is 11.4. The van der Waals surface area contributed by atoms with Crippen molar-refractivity contribution in [3.63, 3.8) is 0 Å². The molecule has 16 heavy (non-hydrogen) atoms. The first kappa shape index (κ1) is 11.1. The Balaban J connectivity index is 1.83. The fourth-order valence-corrected chi connectivity index (χ4v) is 3.53. The van der Waals surface area contributed by atoms with Gasteiger partial charge in [-0.05, 0) is 12.3 Å². The van der Waals surface area contributed by atoms with E-state index in [4.69, 9.17) is 0 Å². The van der Waals surface area contributed by atoms with Gasteiger partial charge in [-0.25, -0.2) is 13.4 Å². The number of nitrogens with one attached hydrogen (secondary N) is 2. The number of aromatic amines is 1. The summed E-state index contributed by atoms with van der Waals surface area (Å²) in [7, 11) is -2.88. The Morgan fingerprint density at radius 1 is 1.62 bits per heavy atom. The zero-order valence-corrected chi connectivity index (χ0v) is 9.33. The third-order valence-electron chi connectivity index (χ3n) is 2.51. The van der Waals surface area contributed by atoms with Crippen LogP contribution in [0.4, 0.5) is 0 Å². The normalized spacial score (nSPS) is 23.1. The molecule has 1 saturated heterocycles. The molecule has 2 rings (SSSR count). The highest BCUT2D eigenvalue weighted by molar-refractivity contribution is 7.91. The van der Waals surface area contributed by atoms with Crippen LogP contribution >= 0.6 is 0 Å². The summed E-state index contributed by atoms with van der Waals surface area (Å²) in [6, 6.07) is 0. The molecule has 0 radical (unpaired) electrons. The zero-order chi connectivity index (χ0) is 11.6. The lowest BCUT2D eigenvalue weighted by atomic mass is 10.1. The average molecular weight is 244 g/mol. The van der Waals surface area contributed by atoms with Gasteiger partial charge in [0.15, 0.2) is 9.84 Å². The van der Waals surface area contributed by atoms with Gasteiger partial charge in [0.05, 0.1) is 11.5 Å². The predicted molar refractivity (Wildman–Crippen MR) is 55.5 cm³/mol. The summed E-state index contributed by atoms with van der Waals surface area (Å²) in [6.45, 7) is 0.360. The number of nitrogens with zero attached hydrogens (tertiary/aromatic N) is 2. The van der Waals surface area contributed by atoms with E-state index in [0.29, 0.717) is 13.0 Å². The Morgan fingerprint density at radius 3 is 3.00 bits per heavy atom. The van der Waals surface area contributed by atoms with Gasteiger partial charge in [0.25, 0.3) is 5.91 Å². The van der Waals surface area contributed by atoms with E-state index < -0.39 is 9.84 Å². The Labute approximate surface area is 92.6 Å². The van der Waals surface area contributed by atoms with E-state index >= 15 is 0 Å². The zero-order valence-electron chi connectivity index (χ0n) is 8.51. The van der Waals surface area contributed by atoms with Crippen LogP contribution in [0.3, 0.4) is 0 Å². The molecule has 0 saturated carbocycles. The number of sulfone groups is 1. The number of amides is 1. The largest absolute Gasteiger partial charge is 0.349 e. The molecule has 0 bridgehead atoms. The van der Waals surface area contributed by atoms with Crippen molar-refractivity contribution in [1.82, 2.24) is 20.5 Å². The molecular weight excluding hydrogens is 232 g/mol. The van der Waals surface area contributed by atoms with Gasteiger partial charge in [-0.3, -0.25) is 9.89 Å². The summed E-state index contributed by atoms with van der Waals surface area (Å²) in [5.41, 5.74) is 0. The molecule has 1 aliphatic rings. The van der Waals surface area contributed by atoms with Crippen LogP contribution < -0.4 is 5.32 Å². The molecular formula is C8H12N4O3S. The minimum Gasteiger partial charge on any atom is -0.349 e. The number of carbonyl (C=O) groups is 1. The summed E-state index contributed by atoms with van der Waals surface area (Å²) in [6.07, 6.45) is 1.86. The van der Waals surface area contributed by atoms with Crippen LogP contribution in [-0.4, -0.2) is 47.6 Å². The van der Waals surface area contributed by atoms with Crippen molar-refractivity contribution < 1.29 is 13.2 Å². The van der Waals surface area contributed by atoms with Gasteiger partial charge in [0.2, 0.25) is 5.82 Å². The Bertz CT molecular complexity index is 467. The van der Waals surface area contributed by atoms with Crippen molar-refractivity contribution in [2.75, 3.05) is 18.1 Å². The van der Waals surface area contributed by atoms with Crippen LogP contribution in [0.15, 0.2) is 6.33 Å². The number of rotatable bonds is 3. The van der Waals surface area contributed by atoms with Gasteiger partial charge in [0.1, 0.15) is 6.33 Å². The van der Waals surface area contributed by atoms with Gasteiger partial charge < -0.3 is 5.32 Å². The molecule has 1 aliphatic heterocycles. The molecule has 1 aromatic rings.